The summed E-state index contributed by atoms with van der Waals surface area (Å²) in [6, 6.07) is 19.9. The first-order valence-corrected chi connectivity index (χ1v) is 6.95. The molecule has 0 spiro atoms. The van der Waals surface area contributed by atoms with E-state index in [4.69, 9.17) is 0 Å². The molecule has 0 aliphatic rings. The average molecular weight is 248 g/mol. The van der Waals surface area contributed by atoms with Crippen molar-refractivity contribution < 1.29 is 0 Å². The van der Waals surface area contributed by atoms with E-state index in [1.165, 1.54) is 36.5 Å². The van der Waals surface area contributed by atoms with Crippen LogP contribution in [0.5, 0.6) is 0 Å². The topological polar surface area (TPSA) is 0 Å². The van der Waals surface area contributed by atoms with Crippen LogP contribution < -0.4 is 0 Å². The third-order valence-electron chi connectivity index (χ3n) is 3.52. The molecule has 0 saturated heterocycles. The predicted molar refractivity (Wildman–Crippen MR) is 81.6 cm³/mol. The van der Waals surface area contributed by atoms with Gasteiger partial charge in [0, 0.05) is 20.2 Å². The minimum Gasteiger partial charge on any atom is -0.135 e. The van der Waals surface area contributed by atoms with Crippen LogP contribution in [0.2, 0.25) is 0 Å². The Morgan fingerprint density at radius 3 is 2.61 bits per heavy atom. The van der Waals surface area contributed by atoms with Crippen molar-refractivity contribution in [1.29, 1.82) is 0 Å². The first-order chi connectivity index (χ1) is 8.83. The van der Waals surface area contributed by atoms with E-state index in [-0.39, 0.29) is 0 Å². The second kappa shape index (κ2) is 3.56. The van der Waals surface area contributed by atoms with Gasteiger partial charge in [-0.2, -0.15) is 0 Å². The number of aryl methyl sites for hydroxylation is 1. The highest BCUT2D eigenvalue weighted by Crippen LogP contribution is 2.38. The molecule has 0 amide bonds. The summed E-state index contributed by atoms with van der Waals surface area (Å²) in [5.74, 6) is 0. The van der Waals surface area contributed by atoms with Gasteiger partial charge in [-0.25, -0.2) is 0 Å². The number of hydrogen-bond acceptors (Lipinski definition) is 1. The fraction of sp³-hybridized carbons (Fsp3) is 0.0588. The van der Waals surface area contributed by atoms with Crippen molar-refractivity contribution in [3.05, 3.63) is 60.2 Å². The molecule has 0 unspecified atom stereocenters. The molecule has 0 radical (unpaired) electrons. The van der Waals surface area contributed by atoms with E-state index in [9.17, 15) is 0 Å². The summed E-state index contributed by atoms with van der Waals surface area (Å²) in [5.41, 5.74) is 1.33. The van der Waals surface area contributed by atoms with Crippen LogP contribution in [-0.2, 0) is 0 Å². The molecule has 0 aliphatic heterocycles. The highest BCUT2D eigenvalue weighted by Gasteiger charge is 2.08. The van der Waals surface area contributed by atoms with Gasteiger partial charge in [0.05, 0.1) is 0 Å². The van der Waals surface area contributed by atoms with Gasteiger partial charge in [-0.15, -0.1) is 11.3 Å². The van der Waals surface area contributed by atoms with Crippen LogP contribution in [-0.4, -0.2) is 0 Å². The molecule has 4 rings (SSSR count). The summed E-state index contributed by atoms with van der Waals surface area (Å²) in [5, 5.41) is 5.49. The number of thiophene rings is 1. The van der Waals surface area contributed by atoms with Crippen LogP contribution in [0.15, 0.2) is 54.6 Å². The molecular formula is C17H12S. The molecule has 1 aromatic heterocycles. The van der Waals surface area contributed by atoms with E-state index in [2.05, 4.69) is 61.5 Å². The largest absolute Gasteiger partial charge is 0.135 e. The molecule has 1 heterocycles. The van der Waals surface area contributed by atoms with Gasteiger partial charge >= 0.3 is 0 Å². The normalized spacial score (nSPS) is 11.6. The molecule has 0 saturated carbocycles. The highest BCUT2D eigenvalue weighted by molar-refractivity contribution is 7.26. The summed E-state index contributed by atoms with van der Waals surface area (Å²) >= 11 is 1.89. The van der Waals surface area contributed by atoms with Gasteiger partial charge in [0.25, 0.3) is 0 Å². The molecule has 4 aromatic rings. The second-order valence-electron chi connectivity index (χ2n) is 4.76. The smallest absolute Gasteiger partial charge is 0.0361 e. The zero-order chi connectivity index (χ0) is 12.1. The lowest BCUT2D eigenvalue weighted by Crippen LogP contribution is -1.74. The lowest BCUT2D eigenvalue weighted by atomic mass is 10.0. The third kappa shape index (κ3) is 1.31. The van der Waals surface area contributed by atoms with Crippen molar-refractivity contribution in [2.24, 2.45) is 0 Å². The highest BCUT2D eigenvalue weighted by atomic mass is 32.1. The minimum atomic E-state index is 1.32. The van der Waals surface area contributed by atoms with E-state index in [0.29, 0.717) is 0 Å². The van der Waals surface area contributed by atoms with Crippen LogP contribution in [0, 0.1) is 6.92 Å². The van der Waals surface area contributed by atoms with Crippen LogP contribution in [0.4, 0.5) is 0 Å². The summed E-state index contributed by atoms with van der Waals surface area (Å²) in [6.45, 7) is 2.15. The summed E-state index contributed by atoms with van der Waals surface area (Å²) in [6.07, 6.45) is 0. The van der Waals surface area contributed by atoms with Crippen LogP contribution >= 0.6 is 11.3 Å². The summed E-state index contributed by atoms with van der Waals surface area (Å²) in [4.78, 5) is 0. The Kier molecular flexibility index (Phi) is 2.00. The molecule has 0 N–H and O–H groups in total. The zero-order valence-corrected chi connectivity index (χ0v) is 10.9. The van der Waals surface area contributed by atoms with Gasteiger partial charge in [0.15, 0.2) is 0 Å². The number of benzene rings is 3. The summed E-state index contributed by atoms with van der Waals surface area (Å²) in [7, 11) is 0. The van der Waals surface area contributed by atoms with Crippen molar-refractivity contribution in [2.75, 3.05) is 0 Å². The van der Waals surface area contributed by atoms with Crippen molar-refractivity contribution in [3.63, 3.8) is 0 Å². The molecule has 18 heavy (non-hydrogen) atoms. The first kappa shape index (κ1) is 10.1. The average Bonchev–Trinajstić information content (AvgIpc) is 2.76. The molecule has 0 bridgehead atoms. The fourth-order valence-electron chi connectivity index (χ4n) is 2.65. The van der Waals surface area contributed by atoms with Crippen LogP contribution in [0.25, 0.3) is 30.9 Å². The lowest BCUT2D eigenvalue weighted by Gasteiger charge is -2.00. The summed E-state index contributed by atoms with van der Waals surface area (Å²) < 4.78 is 2.77. The Bertz CT molecular complexity index is 884. The molecular weight excluding hydrogens is 236 g/mol. The van der Waals surface area contributed by atoms with Crippen LogP contribution in [0.3, 0.4) is 0 Å². The van der Waals surface area contributed by atoms with Crippen molar-refractivity contribution in [2.45, 2.75) is 6.92 Å². The molecule has 0 fully saturated rings. The molecule has 1 heteroatoms. The Hall–Kier alpha value is -1.86. The van der Waals surface area contributed by atoms with Gasteiger partial charge in [-0.1, -0.05) is 42.5 Å². The second-order valence-corrected chi connectivity index (χ2v) is 5.85. The Morgan fingerprint density at radius 1 is 0.778 bits per heavy atom. The van der Waals surface area contributed by atoms with Gasteiger partial charge in [0.1, 0.15) is 0 Å². The van der Waals surface area contributed by atoms with Gasteiger partial charge < -0.3 is 0 Å². The van der Waals surface area contributed by atoms with E-state index in [1.807, 2.05) is 11.3 Å². The minimum absolute atomic E-state index is 1.32. The zero-order valence-electron chi connectivity index (χ0n) is 10.1. The Morgan fingerprint density at radius 2 is 1.67 bits per heavy atom. The standard InChI is InChI=1S/C17H12S/c1-11-6-8-14-16(10-11)18-15-9-7-12-4-2-3-5-13(12)17(14)15/h2-10H,1H3. The van der Waals surface area contributed by atoms with Crippen molar-refractivity contribution in [1.82, 2.24) is 0 Å². The molecule has 86 valence electrons. The maximum atomic E-state index is 2.29. The molecule has 3 aromatic carbocycles. The van der Waals surface area contributed by atoms with E-state index in [0.717, 1.165) is 0 Å². The first-order valence-electron chi connectivity index (χ1n) is 6.13. The van der Waals surface area contributed by atoms with Crippen LogP contribution in [0.1, 0.15) is 5.56 Å². The Labute approximate surface area is 109 Å². The monoisotopic (exact) mass is 248 g/mol. The number of hydrogen-bond donors (Lipinski definition) is 0. The molecule has 0 aliphatic carbocycles. The fourth-order valence-corrected chi connectivity index (χ4v) is 3.87. The maximum absolute atomic E-state index is 2.29. The number of rotatable bonds is 0. The number of fused-ring (bicyclic) bond motifs is 5. The van der Waals surface area contributed by atoms with E-state index < -0.39 is 0 Å². The molecule has 0 atom stereocenters. The van der Waals surface area contributed by atoms with E-state index in [1.54, 1.807) is 0 Å². The van der Waals surface area contributed by atoms with Crippen molar-refractivity contribution in [3.8, 4) is 0 Å². The lowest BCUT2D eigenvalue weighted by molar-refractivity contribution is 1.52. The Balaban J connectivity index is 2.33. The molecule has 0 nitrogen and oxygen atoms in total. The van der Waals surface area contributed by atoms with E-state index >= 15 is 0 Å². The van der Waals surface area contributed by atoms with Crippen molar-refractivity contribution >= 4 is 42.3 Å². The van der Waals surface area contributed by atoms with Gasteiger partial charge in [0.2, 0.25) is 0 Å². The SMILES string of the molecule is Cc1ccc2c(c1)sc1ccc3ccccc3c12. The quantitative estimate of drug-likeness (QED) is 0.384. The third-order valence-corrected chi connectivity index (χ3v) is 4.63. The maximum Gasteiger partial charge on any atom is 0.0361 e. The predicted octanol–water partition coefficient (Wildman–Crippen LogP) is 5.52. The van der Waals surface area contributed by atoms with Gasteiger partial charge in [-0.05, 0) is 35.4 Å². The van der Waals surface area contributed by atoms with Gasteiger partial charge in [-0.3, -0.25) is 0 Å².